The largest absolute Gasteiger partial charge is 0.338 e. The predicted octanol–water partition coefficient (Wildman–Crippen LogP) is 2.83. The lowest BCUT2D eigenvalue weighted by atomic mass is 10.1. The van der Waals surface area contributed by atoms with Gasteiger partial charge in [-0.1, -0.05) is 48.5 Å². The number of nitrogens with zero attached hydrogens (tertiary/aromatic N) is 1. The van der Waals surface area contributed by atoms with Gasteiger partial charge < -0.3 is 15.1 Å². The fourth-order valence-electron chi connectivity index (χ4n) is 2.51. The third-order valence-corrected chi connectivity index (χ3v) is 3.45. The molecule has 0 aliphatic heterocycles. The molecule has 3 nitrogen and oxygen atoms in total. The van der Waals surface area contributed by atoms with Crippen molar-refractivity contribution < 1.29 is 4.79 Å². The highest BCUT2D eigenvalue weighted by molar-refractivity contribution is 5.87. The molecule has 3 heteroatoms. The van der Waals surface area contributed by atoms with Crippen LogP contribution in [0.4, 0.5) is 0 Å². The van der Waals surface area contributed by atoms with Gasteiger partial charge in [-0.05, 0) is 17.7 Å². The van der Waals surface area contributed by atoms with Crippen LogP contribution in [0.5, 0.6) is 0 Å². The summed E-state index contributed by atoms with van der Waals surface area (Å²) >= 11 is 0. The zero-order valence-corrected chi connectivity index (χ0v) is 11.1. The van der Waals surface area contributed by atoms with E-state index in [0.29, 0.717) is 6.54 Å². The van der Waals surface area contributed by atoms with Crippen LogP contribution in [0.15, 0.2) is 60.7 Å². The number of para-hydroxylation sites is 1. The number of carbonyl (C=O) groups excluding carboxylic acids is 1. The first-order chi connectivity index (χ1) is 9.79. The van der Waals surface area contributed by atoms with E-state index in [2.05, 4.69) is 34.9 Å². The van der Waals surface area contributed by atoms with E-state index in [-0.39, 0.29) is 0 Å². The molecule has 100 valence electrons. The Morgan fingerprint density at radius 2 is 1.75 bits per heavy atom. The minimum absolute atomic E-state index is 0.487. The van der Waals surface area contributed by atoms with Crippen LogP contribution in [0.2, 0.25) is 0 Å². The minimum Gasteiger partial charge on any atom is -0.338 e. The van der Waals surface area contributed by atoms with E-state index in [1.807, 2.05) is 30.3 Å². The maximum absolute atomic E-state index is 10.9. The summed E-state index contributed by atoms with van der Waals surface area (Å²) in [6.45, 7) is 0.487. The number of rotatable bonds is 4. The number of hydrogen-bond acceptors (Lipinski definition) is 2. The van der Waals surface area contributed by atoms with Crippen molar-refractivity contribution in [3.8, 4) is 11.3 Å². The average molecular weight is 264 g/mol. The first-order valence-electron chi connectivity index (χ1n) is 6.64. The summed E-state index contributed by atoms with van der Waals surface area (Å²) in [4.78, 5) is 10.9. The molecule has 0 saturated heterocycles. The number of nitrogens with two attached hydrogens (primary N) is 1. The van der Waals surface area contributed by atoms with Gasteiger partial charge in [0.15, 0.2) is 0 Å². The zero-order chi connectivity index (χ0) is 13.9. The van der Waals surface area contributed by atoms with E-state index >= 15 is 0 Å². The van der Waals surface area contributed by atoms with Crippen molar-refractivity contribution in [3.05, 3.63) is 60.7 Å². The van der Waals surface area contributed by atoms with Gasteiger partial charge in [0.2, 0.25) is 0 Å². The summed E-state index contributed by atoms with van der Waals surface area (Å²) in [5, 5.41) is 1.16. The topological polar surface area (TPSA) is 48.0 Å². The molecule has 1 atom stereocenters. The third kappa shape index (κ3) is 2.24. The third-order valence-electron chi connectivity index (χ3n) is 3.45. The monoisotopic (exact) mass is 264 g/mol. The van der Waals surface area contributed by atoms with E-state index in [9.17, 15) is 4.79 Å². The molecule has 2 N–H and O–H groups in total. The normalized spacial score (nSPS) is 12.4. The van der Waals surface area contributed by atoms with Gasteiger partial charge in [0, 0.05) is 23.1 Å². The molecule has 0 aliphatic rings. The van der Waals surface area contributed by atoms with Crippen molar-refractivity contribution in [1.29, 1.82) is 0 Å². The van der Waals surface area contributed by atoms with Gasteiger partial charge in [-0.15, -0.1) is 0 Å². The molecule has 0 bridgehead atoms. The minimum atomic E-state index is -0.492. The van der Waals surface area contributed by atoms with Crippen LogP contribution >= 0.6 is 0 Å². The second kappa shape index (κ2) is 5.31. The number of hydrogen-bond donors (Lipinski definition) is 1. The molecule has 0 amide bonds. The summed E-state index contributed by atoms with van der Waals surface area (Å²) < 4.78 is 2.11. The van der Waals surface area contributed by atoms with E-state index in [1.165, 1.54) is 0 Å². The highest BCUT2D eigenvalue weighted by atomic mass is 16.1. The number of benzene rings is 2. The highest BCUT2D eigenvalue weighted by Crippen LogP contribution is 2.28. The predicted molar refractivity (Wildman–Crippen MR) is 81.4 cm³/mol. The van der Waals surface area contributed by atoms with Gasteiger partial charge in [-0.3, -0.25) is 0 Å². The maximum Gasteiger partial charge on any atom is 0.138 e. The molecule has 20 heavy (non-hydrogen) atoms. The Morgan fingerprint density at radius 3 is 2.50 bits per heavy atom. The Morgan fingerprint density at radius 1 is 1.05 bits per heavy atom. The quantitative estimate of drug-likeness (QED) is 0.737. The summed E-state index contributed by atoms with van der Waals surface area (Å²) in [7, 11) is 0. The first-order valence-corrected chi connectivity index (χ1v) is 6.64. The summed E-state index contributed by atoms with van der Waals surface area (Å²) in [6.07, 6.45) is 0.795. The lowest BCUT2D eigenvalue weighted by molar-refractivity contribution is -0.109. The second-order valence-corrected chi connectivity index (χ2v) is 4.86. The maximum atomic E-state index is 10.9. The molecule has 0 aliphatic carbocycles. The van der Waals surface area contributed by atoms with E-state index in [0.717, 1.165) is 28.4 Å². The number of aromatic nitrogens is 1. The van der Waals surface area contributed by atoms with Crippen molar-refractivity contribution in [2.24, 2.45) is 5.73 Å². The van der Waals surface area contributed by atoms with Crippen LogP contribution in [0.3, 0.4) is 0 Å². The molecule has 3 rings (SSSR count). The van der Waals surface area contributed by atoms with E-state index in [4.69, 9.17) is 5.73 Å². The molecule has 0 spiro atoms. The lowest BCUT2D eigenvalue weighted by Crippen LogP contribution is -2.27. The van der Waals surface area contributed by atoms with Crippen LogP contribution in [-0.4, -0.2) is 16.9 Å². The Balaban J connectivity index is 2.20. The van der Waals surface area contributed by atoms with Crippen LogP contribution in [0.25, 0.3) is 22.2 Å². The molecule has 1 heterocycles. The molecule has 0 radical (unpaired) electrons. The van der Waals surface area contributed by atoms with Crippen LogP contribution in [0.1, 0.15) is 0 Å². The summed E-state index contributed by atoms with van der Waals surface area (Å²) in [5.41, 5.74) is 9.13. The van der Waals surface area contributed by atoms with Crippen LogP contribution < -0.4 is 5.73 Å². The molecule has 2 aromatic carbocycles. The second-order valence-electron chi connectivity index (χ2n) is 4.86. The molecule has 3 aromatic rings. The lowest BCUT2D eigenvalue weighted by Gasteiger charge is -2.12. The van der Waals surface area contributed by atoms with Crippen LogP contribution in [0, 0.1) is 0 Å². The first kappa shape index (κ1) is 12.6. The van der Waals surface area contributed by atoms with Gasteiger partial charge in [-0.25, -0.2) is 0 Å². The van der Waals surface area contributed by atoms with Gasteiger partial charge in [-0.2, -0.15) is 0 Å². The number of carbonyl (C=O) groups is 1. The molecule has 1 aromatic heterocycles. The Hall–Kier alpha value is -2.39. The van der Waals surface area contributed by atoms with Gasteiger partial charge in [0.1, 0.15) is 6.29 Å². The Bertz CT molecular complexity index is 731. The molecular weight excluding hydrogens is 248 g/mol. The Labute approximate surface area is 117 Å². The standard InChI is InChI=1S/C17H16N2O/c18-15(12-20)11-19-16-9-5-4-8-14(16)10-17(19)13-6-2-1-3-7-13/h1-10,12,15H,11,18H2. The summed E-state index contributed by atoms with van der Waals surface area (Å²) in [6, 6.07) is 19.9. The zero-order valence-electron chi connectivity index (χ0n) is 11.1. The smallest absolute Gasteiger partial charge is 0.138 e. The van der Waals surface area contributed by atoms with Crippen molar-refractivity contribution in [1.82, 2.24) is 4.57 Å². The molecule has 0 saturated carbocycles. The Kier molecular flexibility index (Phi) is 3.35. The van der Waals surface area contributed by atoms with E-state index in [1.54, 1.807) is 0 Å². The SMILES string of the molecule is NC(C=O)Cn1c(-c2ccccc2)cc2ccccc21. The average Bonchev–Trinajstić information content (AvgIpc) is 2.87. The van der Waals surface area contributed by atoms with Gasteiger partial charge >= 0.3 is 0 Å². The molecule has 1 unspecified atom stereocenters. The fraction of sp³-hybridized carbons (Fsp3) is 0.118. The van der Waals surface area contributed by atoms with Crippen molar-refractivity contribution in [2.45, 2.75) is 12.6 Å². The van der Waals surface area contributed by atoms with Crippen molar-refractivity contribution in [2.75, 3.05) is 0 Å². The van der Waals surface area contributed by atoms with Gasteiger partial charge in [0.05, 0.1) is 6.04 Å². The molecular formula is C17H16N2O. The molecule has 0 fully saturated rings. The van der Waals surface area contributed by atoms with Crippen molar-refractivity contribution in [3.63, 3.8) is 0 Å². The highest BCUT2D eigenvalue weighted by Gasteiger charge is 2.12. The van der Waals surface area contributed by atoms with Crippen molar-refractivity contribution >= 4 is 17.2 Å². The summed E-state index contributed by atoms with van der Waals surface area (Å²) in [5.74, 6) is 0. The fourth-order valence-corrected chi connectivity index (χ4v) is 2.51. The van der Waals surface area contributed by atoms with Gasteiger partial charge in [0.25, 0.3) is 0 Å². The number of aldehydes is 1. The van der Waals surface area contributed by atoms with E-state index < -0.39 is 6.04 Å². The van der Waals surface area contributed by atoms with Crippen LogP contribution in [-0.2, 0) is 11.3 Å². The number of fused-ring (bicyclic) bond motifs is 1.